The van der Waals surface area contributed by atoms with Crippen LogP contribution in [0.1, 0.15) is 11.1 Å². The molecular formula is C35H21F3N2. The predicted octanol–water partition coefficient (Wildman–Crippen LogP) is 10.1. The van der Waals surface area contributed by atoms with Crippen LogP contribution in [0.25, 0.3) is 70.9 Å². The molecule has 0 aliphatic carbocycles. The smallest absolute Gasteiger partial charge is 0.309 e. The number of nitrogens with zero attached hydrogens (tertiary/aromatic N) is 2. The van der Waals surface area contributed by atoms with Crippen LogP contribution in [0.5, 0.6) is 0 Å². The maximum atomic E-state index is 13.8. The van der Waals surface area contributed by atoms with Crippen LogP contribution in [0, 0.1) is 6.92 Å². The maximum Gasteiger partial charge on any atom is 0.416 e. The number of aryl methyl sites for hydroxylation is 1. The summed E-state index contributed by atoms with van der Waals surface area (Å²) in [6.45, 7) is 1.70. The molecule has 0 radical (unpaired) electrons. The van der Waals surface area contributed by atoms with E-state index in [1.807, 2.05) is 41.1 Å². The lowest BCUT2D eigenvalue weighted by Gasteiger charge is -2.16. The zero-order valence-electron chi connectivity index (χ0n) is 21.4. The number of aromatic nitrogens is 2. The first-order chi connectivity index (χ1) is 19.4. The molecule has 0 N–H and O–H groups in total. The van der Waals surface area contributed by atoms with E-state index < -0.39 is 11.7 Å². The zero-order valence-corrected chi connectivity index (χ0v) is 21.4. The van der Waals surface area contributed by atoms with Gasteiger partial charge in [-0.25, -0.2) is 0 Å². The Morgan fingerprint density at radius 3 is 2.23 bits per heavy atom. The van der Waals surface area contributed by atoms with Crippen molar-refractivity contribution in [3.05, 3.63) is 121 Å². The van der Waals surface area contributed by atoms with Crippen molar-refractivity contribution in [2.45, 2.75) is 13.1 Å². The fourth-order valence-corrected chi connectivity index (χ4v) is 6.43. The molecule has 0 aliphatic rings. The second-order valence-corrected chi connectivity index (χ2v) is 10.5. The van der Waals surface area contributed by atoms with Gasteiger partial charge in [-0.15, -0.1) is 0 Å². The highest BCUT2D eigenvalue weighted by Crippen LogP contribution is 2.45. The third kappa shape index (κ3) is 3.21. The highest BCUT2D eigenvalue weighted by molar-refractivity contribution is 6.33. The standard InChI is InChI=1S/C35H21F3N2/c1-20-15-24(35(36,37)38)18-25(16-20)40-30-13-14-39-19-29(30)34-28-12-8-22-7-10-26(21-5-3-2-4-6-21)27-11-9-23(17-31(34)40)33(28)32(22)27/h2-19H,1H3. The molecule has 2 aromatic heterocycles. The minimum Gasteiger partial charge on any atom is -0.309 e. The average molecular weight is 527 g/mol. The summed E-state index contributed by atoms with van der Waals surface area (Å²) in [5.41, 5.74) is 4.40. The average Bonchev–Trinajstić information content (AvgIpc) is 3.29. The molecule has 8 rings (SSSR count). The van der Waals surface area contributed by atoms with Crippen molar-refractivity contribution in [3.8, 4) is 16.8 Å². The Morgan fingerprint density at radius 2 is 1.40 bits per heavy atom. The van der Waals surface area contributed by atoms with Crippen molar-refractivity contribution in [2.24, 2.45) is 0 Å². The number of alkyl halides is 3. The summed E-state index contributed by atoms with van der Waals surface area (Å²) in [7, 11) is 0. The Hall–Kier alpha value is -4.90. The molecule has 0 unspecified atom stereocenters. The minimum absolute atomic E-state index is 0.484. The van der Waals surface area contributed by atoms with Gasteiger partial charge in [0.25, 0.3) is 0 Å². The normalized spacial score (nSPS) is 12.5. The number of halogens is 3. The van der Waals surface area contributed by atoms with Gasteiger partial charge in [0.05, 0.1) is 16.6 Å². The Morgan fingerprint density at radius 1 is 0.650 bits per heavy atom. The Bertz CT molecular complexity index is 2260. The van der Waals surface area contributed by atoms with E-state index in [0.717, 1.165) is 48.9 Å². The minimum atomic E-state index is -4.44. The highest BCUT2D eigenvalue weighted by atomic mass is 19.4. The monoisotopic (exact) mass is 526 g/mol. The van der Waals surface area contributed by atoms with Crippen molar-refractivity contribution in [1.29, 1.82) is 0 Å². The first-order valence-corrected chi connectivity index (χ1v) is 13.1. The van der Waals surface area contributed by atoms with Crippen molar-refractivity contribution >= 4 is 54.1 Å². The quantitative estimate of drug-likeness (QED) is 0.205. The number of rotatable bonds is 2. The summed E-state index contributed by atoms with van der Waals surface area (Å²) in [5, 5.41) is 8.70. The van der Waals surface area contributed by atoms with Crippen molar-refractivity contribution in [3.63, 3.8) is 0 Å². The van der Waals surface area contributed by atoms with Crippen molar-refractivity contribution in [1.82, 2.24) is 9.55 Å². The molecule has 8 aromatic rings. The molecule has 0 spiro atoms. The van der Waals surface area contributed by atoms with Gasteiger partial charge < -0.3 is 4.57 Å². The lowest BCUT2D eigenvalue weighted by molar-refractivity contribution is -0.137. The molecule has 0 bridgehead atoms. The van der Waals surface area contributed by atoms with Crippen LogP contribution in [-0.4, -0.2) is 9.55 Å². The summed E-state index contributed by atoms with van der Waals surface area (Å²) < 4.78 is 43.4. The van der Waals surface area contributed by atoms with Gasteiger partial charge in [-0.05, 0) is 86.3 Å². The molecule has 6 aromatic carbocycles. The van der Waals surface area contributed by atoms with Gasteiger partial charge in [0.15, 0.2) is 0 Å². The van der Waals surface area contributed by atoms with E-state index >= 15 is 0 Å². The van der Waals surface area contributed by atoms with Gasteiger partial charge in [0.2, 0.25) is 0 Å². The second-order valence-electron chi connectivity index (χ2n) is 10.5. The number of benzene rings is 6. The van der Waals surface area contributed by atoms with Crippen LogP contribution < -0.4 is 0 Å². The fraction of sp³-hybridized carbons (Fsp3) is 0.0571. The third-order valence-corrected chi connectivity index (χ3v) is 8.04. The summed E-state index contributed by atoms with van der Waals surface area (Å²) in [4.78, 5) is 4.41. The number of hydrogen-bond acceptors (Lipinski definition) is 1. The molecule has 40 heavy (non-hydrogen) atoms. The van der Waals surface area contributed by atoms with E-state index in [9.17, 15) is 13.2 Å². The Labute approximate surface area is 227 Å². The molecule has 2 heterocycles. The predicted molar refractivity (Wildman–Crippen MR) is 157 cm³/mol. The lowest BCUT2D eigenvalue weighted by Crippen LogP contribution is -2.07. The van der Waals surface area contributed by atoms with Crippen LogP contribution in [0.15, 0.2) is 109 Å². The van der Waals surface area contributed by atoms with Crippen molar-refractivity contribution in [2.75, 3.05) is 0 Å². The molecule has 0 aliphatic heterocycles. The van der Waals surface area contributed by atoms with Crippen molar-refractivity contribution < 1.29 is 13.2 Å². The van der Waals surface area contributed by atoms with E-state index in [-0.39, 0.29) is 0 Å². The molecule has 0 saturated heterocycles. The van der Waals surface area contributed by atoms with Gasteiger partial charge >= 0.3 is 6.18 Å². The molecule has 0 fully saturated rings. The highest BCUT2D eigenvalue weighted by Gasteiger charge is 2.31. The van der Waals surface area contributed by atoms with Crippen LogP contribution in [0.3, 0.4) is 0 Å². The largest absolute Gasteiger partial charge is 0.416 e. The first kappa shape index (κ1) is 23.0. The van der Waals surface area contributed by atoms with Gasteiger partial charge in [-0.2, -0.15) is 13.2 Å². The molecule has 192 valence electrons. The van der Waals surface area contributed by atoms with Gasteiger partial charge in [-0.1, -0.05) is 66.7 Å². The van der Waals surface area contributed by atoms with Crippen LogP contribution in [-0.2, 0) is 6.18 Å². The molecule has 5 heteroatoms. The van der Waals surface area contributed by atoms with Crippen LogP contribution >= 0.6 is 0 Å². The molecule has 0 atom stereocenters. The molecule has 0 amide bonds. The lowest BCUT2D eigenvalue weighted by atomic mass is 9.88. The van der Waals surface area contributed by atoms with Crippen LogP contribution in [0.4, 0.5) is 13.2 Å². The Balaban J connectivity index is 1.53. The van der Waals surface area contributed by atoms with E-state index in [1.165, 1.54) is 28.5 Å². The second kappa shape index (κ2) is 8.06. The SMILES string of the molecule is Cc1cc(-n2c3ccncc3c3c4ccc5ccc(-c6ccccc6)c6ccc(cc32)c4c56)cc(C(F)(F)F)c1. The summed E-state index contributed by atoms with van der Waals surface area (Å²) in [5.74, 6) is 0. The molecular weight excluding hydrogens is 505 g/mol. The summed E-state index contributed by atoms with van der Waals surface area (Å²) >= 11 is 0. The first-order valence-electron chi connectivity index (χ1n) is 13.1. The zero-order chi connectivity index (χ0) is 27.2. The van der Waals surface area contributed by atoms with E-state index in [2.05, 4.69) is 59.6 Å². The molecule has 2 nitrogen and oxygen atoms in total. The number of fused-ring (bicyclic) bond motifs is 4. The van der Waals surface area contributed by atoms with E-state index in [0.29, 0.717) is 11.3 Å². The molecule has 0 saturated carbocycles. The van der Waals surface area contributed by atoms with Gasteiger partial charge in [0, 0.05) is 28.9 Å². The topological polar surface area (TPSA) is 17.8 Å². The Kier molecular flexibility index (Phi) is 4.64. The maximum absolute atomic E-state index is 13.8. The number of pyridine rings is 1. The third-order valence-electron chi connectivity index (χ3n) is 8.04. The van der Waals surface area contributed by atoms with Gasteiger partial charge in [-0.3, -0.25) is 4.98 Å². The van der Waals surface area contributed by atoms with E-state index in [1.54, 1.807) is 13.1 Å². The summed E-state index contributed by atoms with van der Waals surface area (Å²) in [6.07, 6.45) is -0.923. The summed E-state index contributed by atoms with van der Waals surface area (Å²) in [6, 6.07) is 31.5. The fourth-order valence-electron chi connectivity index (χ4n) is 6.43. The number of hydrogen-bond donors (Lipinski definition) is 0. The van der Waals surface area contributed by atoms with Crippen LogP contribution in [0.2, 0.25) is 0 Å². The van der Waals surface area contributed by atoms with Gasteiger partial charge in [0.1, 0.15) is 0 Å². The van der Waals surface area contributed by atoms with E-state index in [4.69, 9.17) is 0 Å².